The van der Waals surface area contributed by atoms with Gasteiger partial charge in [-0.3, -0.25) is 11.3 Å². The van der Waals surface area contributed by atoms with E-state index in [0.717, 1.165) is 17.3 Å². The van der Waals surface area contributed by atoms with Crippen molar-refractivity contribution in [2.45, 2.75) is 25.3 Å². The Morgan fingerprint density at radius 1 is 1.44 bits per heavy atom. The standard InChI is InChI=1S/C12H19BrN2O2S/c1-18(16,17)7-3-6-12(15-14)9-10-4-2-5-11(13)8-10/h2,4-5,8,12,15H,3,6-7,9,14H2,1H3. The molecule has 0 aliphatic heterocycles. The number of hydrogen-bond acceptors (Lipinski definition) is 4. The Balaban J connectivity index is 2.47. The fourth-order valence-electron chi connectivity index (χ4n) is 1.78. The smallest absolute Gasteiger partial charge is 0.147 e. The van der Waals surface area contributed by atoms with Gasteiger partial charge in [-0.25, -0.2) is 8.42 Å². The highest BCUT2D eigenvalue weighted by Crippen LogP contribution is 2.14. The van der Waals surface area contributed by atoms with Gasteiger partial charge in [-0.2, -0.15) is 0 Å². The third-order valence-corrected chi connectivity index (χ3v) is 4.20. The lowest BCUT2D eigenvalue weighted by Crippen LogP contribution is -2.37. The highest BCUT2D eigenvalue weighted by Gasteiger charge is 2.10. The van der Waals surface area contributed by atoms with Crippen molar-refractivity contribution in [3.05, 3.63) is 34.3 Å². The topological polar surface area (TPSA) is 72.2 Å². The van der Waals surface area contributed by atoms with Gasteiger partial charge in [-0.15, -0.1) is 0 Å². The lowest BCUT2D eigenvalue weighted by molar-refractivity contribution is 0.484. The Bertz CT molecular complexity index is 477. The number of benzene rings is 1. The quantitative estimate of drug-likeness (QED) is 0.587. The van der Waals surface area contributed by atoms with Crippen LogP contribution >= 0.6 is 15.9 Å². The Kier molecular flexibility index (Phi) is 6.28. The minimum absolute atomic E-state index is 0.0982. The van der Waals surface area contributed by atoms with Gasteiger partial charge in [0.05, 0.1) is 0 Å². The first-order chi connectivity index (χ1) is 8.40. The summed E-state index contributed by atoms with van der Waals surface area (Å²) < 4.78 is 23.1. The largest absolute Gasteiger partial charge is 0.271 e. The number of hydrazine groups is 1. The van der Waals surface area contributed by atoms with Crippen molar-refractivity contribution in [2.24, 2.45) is 5.84 Å². The third kappa shape index (κ3) is 6.49. The van der Waals surface area contributed by atoms with E-state index in [1.165, 1.54) is 11.8 Å². The van der Waals surface area contributed by atoms with Crippen LogP contribution in [-0.4, -0.2) is 26.5 Å². The first-order valence-corrected chi connectivity index (χ1v) is 8.64. The minimum atomic E-state index is -2.88. The van der Waals surface area contributed by atoms with Gasteiger partial charge < -0.3 is 0 Å². The number of rotatable bonds is 7. The van der Waals surface area contributed by atoms with E-state index in [1.54, 1.807) is 0 Å². The fraction of sp³-hybridized carbons (Fsp3) is 0.500. The number of nitrogens with one attached hydrogen (secondary N) is 1. The average molecular weight is 335 g/mol. The normalized spacial score (nSPS) is 13.5. The summed E-state index contributed by atoms with van der Waals surface area (Å²) in [6.45, 7) is 0. The molecule has 0 saturated heterocycles. The molecule has 1 unspecified atom stereocenters. The second-order valence-electron chi connectivity index (χ2n) is 4.47. The zero-order valence-corrected chi connectivity index (χ0v) is 12.8. The van der Waals surface area contributed by atoms with Gasteiger partial charge in [0, 0.05) is 22.5 Å². The molecule has 0 heterocycles. The molecule has 0 aliphatic carbocycles. The van der Waals surface area contributed by atoms with Crippen LogP contribution in [0, 0.1) is 0 Å². The van der Waals surface area contributed by atoms with Crippen molar-refractivity contribution in [1.82, 2.24) is 5.43 Å². The summed E-state index contributed by atoms with van der Waals surface area (Å²) in [6.07, 6.45) is 3.42. The maximum atomic E-state index is 11.0. The number of hydrogen-bond donors (Lipinski definition) is 2. The molecule has 6 heteroatoms. The molecule has 0 amide bonds. The zero-order valence-electron chi connectivity index (χ0n) is 10.4. The zero-order chi connectivity index (χ0) is 13.6. The predicted octanol–water partition coefficient (Wildman–Crippen LogP) is 1.65. The number of nitrogens with two attached hydrogens (primary N) is 1. The van der Waals surface area contributed by atoms with Crippen LogP contribution in [0.25, 0.3) is 0 Å². The van der Waals surface area contributed by atoms with Gasteiger partial charge >= 0.3 is 0 Å². The predicted molar refractivity (Wildman–Crippen MR) is 77.9 cm³/mol. The van der Waals surface area contributed by atoms with Gasteiger partial charge in [0.1, 0.15) is 9.84 Å². The van der Waals surface area contributed by atoms with Gasteiger partial charge in [0.2, 0.25) is 0 Å². The van der Waals surface area contributed by atoms with Gasteiger partial charge in [0.25, 0.3) is 0 Å². The van der Waals surface area contributed by atoms with Crippen molar-refractivity contribution >= 4 is 25.8 Å². The van der Waals surface area contributed by atoms with Crippen molar-refractivity contribution in [3.63, 3.8) is 0 Å². The molecule has 0 aliphatic rings. The monoisotopic (exact) mass is 334 g/mol. The number of sulfone groups is 1. The van der Waals surface area contributed by atoms with Crippen LogP contribution in [0.3, 0.4) is 0 Å². The van der Waals surface area contributed by atoms with Crippen LogP contribution < -0.4 is 11.3 Å². The average Bonchev–Trinajstić information content (AvgIpc) is 2.26. The molecule has 0 saturated carbocycles. The SMILES string of the molecule is CS(=O)(=O)CCCC(Cc1cccc(Br)c1)NN. The summed E-state index contributed by atoms with van der Waals surface area (Å²) in [7, 11) is -2.88. The van der Waals surface area contributed by atoms with Gasteiger partial charge in [-0.1, -0.05) is 28.1 Å². The minimum Gasteiger partial charge on any atom is -0.271 e. The van der Waals surface area contributed by atoms with E-state index in [0.29, 0.717) is 6.42 Å². The molecule has 3 N–H and O–H groups in total. The van der Waals surface area contributed by atoms with Crippen molar-refractivity contribution in [1.29, 1.82) is 0 Å². The van der Waals surface area contributed by atoms with E-state index in [1.807, 2.05) is 24.3 Å². The molecular weight excluding hydrogens is 316 g/mol. The third-order valence-electron chi connectivity index (χ3n) is 2.67. The van der Waals surface area contributed by atoms with Crippen molar-refractivity contribution in [2.75, 3.05) is 12.0 Å². The molecule has 1 aromatic carbocycles. The molecule has 1 aromatic rings. The lowest BCUT2D eigenvalue weighted by atomic mass is 10.0. The second-order valence-corrected chi connectivity index (χ2v) is 7.65. The molecule has 18 heavy (non-hydrogen) atoms. The summed E-state index contributed by atoms with van der Waals surface area (Å²) in [6, 6.07) is 8.12. The van der Waals surface area contributed by atoms with Crippen LogP contribution in [0.15, 0.2) is 28.7 Å². The van der Waals surface area contributed by atoms with Crippen LogP contribution in [0.4, 0.5) is 0 Å². The second kappa shape index (κ2) is 7.23. The van der Waals surface area contributed by atoms with E-state index in [9.17, 15) is 8.42 Å². The van der Waals surface area contributed by atoms with Crippen molar-refractivity contribution < 1.29 is 8.42 Å². The molecule has 0 fully saturated rings. The van der Waals surface area contributed by atoms with E-state index in [2.05, 4.69) is 21.4 Å². The molecular formula is C12H19BrN2O2S. The highest BCUT2D eigenvalue weighted by molar-refractivity contribution is 9.10. The highest BCUT2D eigenvalue weighted by atomic mass is 79.9. The first kappa shape index (κ1) is 15.6. The molecule has 0 aromatic heterocycles. The van der Waals surface area contributed by atoms with Crippen LogP contribution in [0.5, 0.6) is 0 Å². The van der Waals surface area contributed by atoms with Gasteiger partial charge in [0.15, 0.2) is 0 Å². The fourth-order valence-corrected chi connectivity index (χ4v) is 2.92. The molecule has 1 rings (SSSR count). The summed E-state index contributed by atoms with van der Waals surface area (Å²) in [4.78, 5) is 0. The Hall–Kier alpha value is -0.430. The first-order valence-electron chi connectivity index (χ1n) is 5.79. The van der Waals surface area contributed by atoms with Crippen LogP contribution in [0.1, 0.15) is 18.4 Å². The maximum Gasteiger partial charge on any atom is 0.147 e. The lowest BCUT2D eigenvalue weighted by Gasteiger charge is -2.15. The molecule has 0 spiro atoms. The van der Waals surface area contributed by atoms with E-state index >= 15 is 0 Å². The molecule has 0 radical (unpaired) electrons. The molecule has 102 valence electrons. The summed E-state index contributed by atoms with van der Waals surface area (Å²) >= 11 is 3.42. The molecule has 0 bridgehead atoms. The summed E-state index contributed by atoms with van der Waals surface area (Å²) in [5.41, 5.74) is 3.92. The summed E-state index contributed by atoms with van der Waals surface area (Å²) in [5.74, 6) is 5.71. The molecule has 4 nitrogen and oxygen atoms in total. The van der Waals surface area contributed by atoms with Gasteiger partial charge in [-0.05, 0) is 37.0 Å². The maximum absolute atomic E-state index is 11.0. The van der Waals surface area contributed by atoms with E-state index < -0.39 is 9.84 Å². The van der Waals surface area contributed by atoms with Crippen molar-refractivity contribution in [3.8, 4) is 0 Å². The summed E-state index contributed by atoms with van der Waals surface area (Å²) in [5, 5.41) is 0. The van der Waals surface area contributed by atoms with Crippen LogP contribution in [-0.2, 0) is 16.3 Å². The Labute approximate surface area is 117 Å². The Morgan fingerprint density at radius 3 is 2.72 bits per heavy atom. The molecule has 1 atom stereocenters. The van der Waals surface area contributed by atoms with E-state index in [-0.39, 0.29) is 11.8 Å². The number of halogens is 1. The van der Waals surface area contributed by atoms with Crippen LogP contribution in [0.2, 0.25) is 0 Å². The Morgan fingerprint density at radius 2 is 2.17 bits per heavy atom. The van der Waals surface area contributed by atoms with E-state index in [4.69, 9.17) is 5.84 Å².